The van der Waals surface area contributed by atoms with Crippen LogP contribution in [0.3, 0.4) is 0 Å². The summed E-state index contributed by atoms with van der Waals surface area (Å²) in [5.74, 6) is 0.398. The van der Waals surface area contributed by atoms with Crippen molar-refractivity contribution in [3.8, 4) is 0 Å². The lowest BCUT2D eigenvalue weighted by Gasteiger charge is -2.33. The van der Waals surface area contributed by atoms with Crippen molar-refractivity contribution in [3.05, 3.63) is 145 Å². The number of rotatable bonds is 10. The average molecular weight is 476 g/mol. The lowest BCUT2D eigenvalue weighted by atomic mass is 9.99. The van der Waals surface area contributed by atoms with Crippen molar-refractivity contribution in [2.24, 2.45) is 5.92 Å². The standard InChI is InChI=1S/C33H37N3/c1-4-6-7-11-26-35(29-18-14-27(5-2)15-19-29)30-22-24-33(25-23-30)36(31-12-9-8-10-13-31)32-20-16-28(34-3)17-21-32/h4-9,11-12,14,16,18-20,22-27,34H,1-2,10,13,15,17,21H2,3H3/b7-6-,26-11-. The molecule has 0 heterocycles. The van der Waals surface area contributed by atoms with Gasteiger partial charge in [0.15, 0.2) is 0 Å². The minimum atomic E-state index is 0.398. The van der Waals surface area contributed by atoms with E-state index in [0.29, 0.717) is 5.92 Å². The molecule has 0 amide bonds. The Labute approximate surface area is 216 Å². The Morgan fingerprint density at radius 1 is 0.917 bits per heavy atom. The first-order valence-electron chi connectivity index (χ1n) is 12.8. The number of nitrogens with zero attached hydrogens (tertiary/aromatic N) is 2. The summed E-state index contributed by atoms with van der Waals surface area (Å²) in [5, 5.41) is 3.30. The van der Waals surface area contributed by atoms with Gasteiger partial charge in [-0.25, -0.2) is 0 Å². The summed E-state index contributed by atoms with van der Waals surface area (Å²) < 4.78 is 0. The molecular weight excluding hydrogens is 438 g/mol. The van der Waals surface area contributed by atoms with Crippen LogP contribution in [0.1, 0.15) is 32.1 Å². The SMILES string of the molecule is C=C/C=C\C=C/N(C1=CCC(C=C)C=C1)c1ccc(N(C2=CC=CCC2)C2=CC=C(NC)CC2)cc1. The Kier molecular flexibility index (Phi) is 8.82. The highest BCUT2D eigenvalue weighted by atomic mass is 15.2. The highest BCUT2D eigenvalue weighted by Crippen LogP contribution is 2.35. The third-order valence-electron chi connectivity index (χ3n) is 6.69. The molecule has 1 aromatic carbocycles. The van der Waals surface area contributed by atoms with E-state index in [4.69, 9.17) is 0 Å². The molecule has 184 valence electrons. The van der Waals surface area contributed by atoms with E-state index in [9.17, 15) is 0 Å². The molecule has 0 radical (unpaired) electrons. The van der Waals surface area contributed by atoms with Crippen LogP contribution in [0.2, 0.25) is 0 Å². The first kappa shape index (κ1) is 25.1. The second-order valence-corrected chi connectivity index (χ2v) is 9.03. The van der Waals surface area contributed by atoms with Crippen molar-refractivity contribution < 1.29 is 0 Å². The minimum absolute atomic E-state index is 0.398. The van der Waals surface area contributed by atoms with Gasteiger partial charge in [-0.05, 0) is 92.7 Å². The van der Waals surface area contributed by atoms with Gasteiger partial charge in [0.1, 0.15) is 0 Å². The van der Waals surface area contributed by atoms with Crippen LogP contribution in [0.4, 0.5) is 11.4 Å². The molecule has 0 saturated heterocycles. The quantitative estimate of drug-likeness (QED) is 0.272. The molecule has 3 heteroatoms. The molecule has 3 nitrogen and oxygen atoms in total. The zero-order valence-corrected chi connectivity index (χ0v) is 21.3. The Bertz CT molecular complexity index is 1180. The topological polar surface area (TPSA) is 18.5 Å². The molecule has 0 fully saturated rings. The molecule has 3 aliphatic carbocycles. The van der Waals surface area contributed by atoms with Crippen LogP contribution in [0.25, 0.3) is 0 Å². The molecule has 0 aromatic heterocycles. The molecule has 1 unspecified atom stereocenters. The molecule has 0 bridgehead atoms. The lowest BCUT2D eigenvalue weighted by Crippen LogP contribution is -2.24. The van der Waals surface area contributed by atoms with E-state index in [2.05, 4.69) is 107 Å². The van der Waals surface area contributed by atoms with Gasteiger partial charge in [-0.1, -0.05) is 55.2 Å². The molecule has 0 aliphatic heterocycles. The zero-order valence-electron chi connectivity index (χ0n) is 21.3. The number of nitrogens with one attached hydrogen (secondary N) is 1. The van der Waals surface area contributed by atoms with Crippen LogP contribution in [-0.2, 0) is 0 Å². The summed E-state index contributed by atoms with van der Waals surface area (Å²) in [6.45, 7) is 7.71. The molecule has 36 heavy (non-hydrogen) atoms. The number of hydrogen-bond acceptors (Lipinski definition) is 3. The summed E-state index contributed by atoms with van der Waals surface area (Å²) >= 11 is 0. The Morgan fingerprint density at radius 3 is 2.33 bits per heavy atom. The molecule has 4 rings (SSSR count). The highest BCUT2D eigenvalue weighted by Gasteiger charge is 2.20. The Morgan fingerprint density at radius 2 is 1.72 bits per heavy atom. The average Bonchev–Trinajstić information content (AvgIpc) is 2.95. The van der Waals surface area contributed by atoms with Gasteiger partial charge in [0.05, 0.1) is 0 Å². The van der Waals surface area contributed by atoms with Crippen LogP contribution in [0.5, 0.6) is 0 Å². The van der Waals surface area contributed by atoms with E-state index < -0.39 is 0 Å². The van der Waals surface area contributed by atoms with Crippen LogP contribution >= 0.6 is 0 Å². The maximum Gasteiger partial charge on any atom is 0.0456 e. The fourth-order valence-electron chi connectivity index (χ4n) is 4.65. The summed E-state index contributed by atoms with van der Waals surface area (Å²) in [6.07, 6.45) is 34.9. The van der Waals surface area contributed by atoms with Crippen LogP contribution in [0.15, 0.2) is 145 Å². The summed E-state index contributed by atoms with van der Waals surface area (Å²) in [4.78, 5) is 4.68. The monoisotopic (exact) mass is 475 g/mol. The summed E-state index contributed by atoms with van der Waals surface area (Å²) in [6, 6.07) is 8.92. The number of anilines is 2. The van der Waals surface area contributed by atoms with Crippen molar-refractivity contribution >= 4 is 11.4 Å². The van der Waals surface area contributed by atoms with Crippen molar-refractivity contribution in [1.29, 1.82) is 0 Å². The lowest BCUT2D eigenvalue weighted by molar-refractivity contribution is 0.777. The molecule has 1 atom stereocenters. The molecule has 0 spiro atoms. The molecule has 0 saturated carbocycles. The maximum absolute atomic E-state index is 3.94. The zero-order chi connectivity index (χ0) is 25.2. The van der Waals surface area contributed by atoms with Gasteiger partial charge in [0.25, 0.3) is 0 Å². The Balaban J connectivity index is 1.66. The second-order valence-electron chi connectivity index (χ2n) is 9.03. The van der Waals surface area contributed by atoms with Crippen LogP contribution in [-0.4, -0.2) is 7.05 Å². The highest BCUT2D eigenvalue weighted by molar-refractivity contribution is 5.66. The van der Waals surface area contributed by atoms with Crippen molar-refractivity contribution in [1.82, 2.24) is 5.32 Å². The second kappa shape index (κ2) is 12.6. The van der Waals surface area contributed by atoms with E-state index in [1.807, 2.05) is 31.4 Å². The van der Waals surface area contributed by atoms with Gasteiger partial charge in [-0.2, -0.15) is 0 Å². The molecule has 1 N–H and O–H groups in total. The largest absolute Gasteiger partial charge is 0.391 e. The number of hydrogen-bond donors (Lipinski definition) is 1. The third kappa shape index (κ3) is 6.17. The number of allylic oxidation sites excluding steroid dienone is 16. The van der Waals surface area contributed by atoms with E-state index >= 15 is 0 Å². The van der Waals surface area contributed by atoms with Gasteiger partial charge < -0.3 is 15.1 Å². The fraction of sp³-hybridized carbons (Fsp3) is 0.212. The molecule has 3 aliphatic rings. The fourth-order valence-corrected chi connectivity index (χ4v) is 4.65. The molecule has 1 aromatic rings. The van der Waals surface area contributed by atoms with E-state index in [1.54, 1.807) is 6.08 Å². The van der Waals surface area contributed by atoms with E-state index in [1.165, 1.54) is 28.5 Å². The smallest absolute Gasteiger partial charge is 0.0456 e. The van der Waals surface area contributed by atoms with Gasteiger partial charge in [-0.15, -0.1) is 6.58 Å². The number of benzene rings is 1. The summed E-state index contributed by atoms with van der Waals surface area (Å²) in [7, 11) is 2.00. The first-order chi connectivity index (χ1) is 17.7. The third-order valence-corrected chi connectivity index (χ3v) is 6.69. The molecular formula is C33H37N3. The van der Waals surface area contributed by atoms with E-state index in [-0.39, 0.29) is 0 Å². The predicted molar refractivity (Wildman–Crippen MR) is 156 cm³/mol. The Hall–Kier alpha value is -3.98. The van der Waals surface area contributed by atoms with Crippen molar-refractivity contribution in [2.75, 3.05) is 16.8 Å². The van der Waals surface area contributed by atoms with Crippen LogP contribution < -0.4 is 15.1 Å². The van der Waals surface area contributed by atoms with E-state index in [0.717, 1.165) is 37.8 Å². The van der Waals surface area contributed by atoms with Crippen LogP contribution in [0, 0.1) is 5.92 Å². The minimum Gasteiger partial charge on any atom is -0.391 e. The van der Waals surface area contributed by atoms with Gasteiger partial charge >= 0.3 is 0 Å². The normalized spacial score (nSPS) is 19.4. The predicted octanol–water partition coefficient (Wildman–Crippen LogP) is 8.22. The van der Waals surface area contributed by atoms with Gasteiger partial charge in [-0.3, -0.25) is 0 Å². The maximum atomic E-state index is 3.94. The van der Waals surface area contributed by atoms with Gasteiger partial charge in [0.2, 0.25) is 0 Å². The first-order valence-corrected chi connectivity index (χ1v) is 12.8. The van der Waals surface area contributed by atoms with Crippen molar-refractivity contribution in [2.45, 2.75) is 32.1 Å². The van der Waals surface area contributed by atoms with Gasteiger partial charge in [0, 0.05) is 47.4 Å². The summed E-state index contributed by atoms with van der Waals surface area (Å²) in [5.41, 5.74) is 7.46. The van der Waals surface area contributed by atoms with Crippen molar-refractivity contribution in [3.63, 3.8) is 0 Å².